The number of benzene rings is 1. The molecule has 0 aliphatic heterocycles. The second-order valence-corrected chi connectivity index (χ2v) is 4.46. The van der Waals surface area contributed by atoms with E-state index in [2.05, 4.69) is 10.3 Å². The van der Waals surface area contributed by atoms with Gasteiger partial charge in [-0.1, -0.05) is 26.0 Å². The third kappa shape index (κ3) is 2.94. The normalized spacial score (nSPS) is 10.4. The number of amides is 1. The molecule has 0 fully saturated rings. The predicted octanol–water partition coefficient (Wildman–Crippen LogP) is 3.34. The van der Waals surface area contributed by atoms with E-state index in [-0.39, 0.29) is 11.8 Å². The molecule has 3 nitrogen and oxygen atoms in total. The maximum Gasteiger partial charge on any atom is 0.226 e. The molecule has 0 radical (unpaired) electrons. The van der Waals surface area contributed by atoms with Gasteiger partial charge in [-0.15, -0.1) is 0 Å². The molecule has 0 saturated carbocycles. The number of anilines is 1. The molecule has 3 heteroatoms. The summed E-state index contributed by atoms with van der Waals surface area (Å²) in [6.45, 7) is 3.75. The van der Waals surface area contributed by atoms with Crippen LogP contribution < -0.4 is 5.32 Å². The van der Waals surface area contributed by atoms with Crippen LogP contribution in [0.1, 0.15) is 13.8 Å². The van der Waals surface area contributed by atoms with Gasteiger partial charge in [0, 0.05) is 24.0 Å². The van der Waals surface area contributed by atoms with E-state index in [1.54, 1.807) is 12.4 Å². The van der Waals surface area contributed by atoms with Gasteiger partial charge in [0.2, 0.25) is 5.91 Å². The van der Waals surface area contributed by atoms with Crippen LogP contribution in [0.5, 0.6) is 0 Å². The Balaban J connectivity index is 2.23. The van der Waals surface area contributed by atoms with Crippen molar-refractivity contribution in [2.75, 3.05) is 5.32 Å². The van der Waals surface area contributed by atoms with Crippen LogP contribution in [0, 0.1) is 5.92 Å². The quantitative estimate of drug-likeness (QED) is 0.894. The van der Waals surface area contributed by atoms with Crippen molar-refractivity contribution in [3.8, 4) is 11.1 Å². The van der Waals surface area contributed by atoms with Gasteiger partial charge in [-0.05, 0) is 35.4 Å². The number of pyridine rings is 1. The Morgan fingerprint density at radius 2 is 1.83 bits per heavy atom. The first kappa shape index (κ1) is 12.3. The van der Waals surface area contributed by atoms with Gasteiger partial charge in [0.1, 0.15) is 0 Å². The number of hydrogen-bond donors (Lipinski definition) is 1. The zero-order chi connectivity index (χ0) is 13.0. The van der Waals surface area contributed by atoms with Crippen LogP contribution >= 0.6 is 0 Å². The lowest BCUT2D eigenvalue weighted by Crippen LogP contribution is -2.17. The molecule has 1 amide bonds. The van der Waals surface area contributed by atoms with Gasteiger partial charge in [-0.3, -0.25) is 9.78 Å². The molecule has 18 heavy (non-hydrogen) atoms. The van der Waals surface area contributed by atoms with Gasteiger partial charge >= 0.3 is 0 Å². The van der Waals surface area contributed by atoms with Crippen molar-refractivity contribution in [1.29, 1.82) is 0 Å². The Morgan fingerprint density at radius 3 is 2.50 bits per heavy atom. The van der Waals surface area contributed by atoms with Crippen molar-refractivity contribution < 1.29 is 4.79 Å². The number of nitrogens with one attached hydrogen (secondary N) is 1. The molecule has 1 heterocycles. The van der Waals surface area contributed by atoms with Crippen molar-refractivity contribution in [3.63, 3.8) is 0 Å². The zero-order valence-corrected chi connectivity index (χ0v) is 10.6. The van der Waals surface area contributed by atoms with Gasteiger partial charge in [-0.25, -0.2) is 0 Å². The summed E-state index contributed by atoms with van der Waals surface area (Å²) in [5, 5.41) is 2.90. The lowest BCUT2D eigenvalue weighted by atomic mass is 10.1. The summed E-state index contributed by atoms with van der Waals surface area (Å²) >= 11 is 0. The van der Waals surface area contributed by atoms with Crippen molar-refractivity contribution in [2.45, 2.75) is 13.8 Å². The number of aromatic nitrogens is 1. The van der Waals surface area contributed by atoms with Crippen LogP contribution in [0.3, 0.4) is 0 Å². The molecule has 1 N–H and O–H groups in total. The van der Waals surface area contributed by atoms with Crippen LogP contribution in [0.4, 0.5) is 5.69 Å². The summed E-state index contributed by atoms with van der Waals surface area (Å²) in [6, 6.07) is 11.7. The molecule has 92 valence electrons. The zero-order valence-electron chi connectivity index (χ0n) is 10.6. The fourth-order valence-electron chi connectivity index (χ4n) is 1.61. The number of nitrogens with zero attached hydrogens (tertiary/aromatic N) is 1. The van der Waals surface area contributed by atoms with E-state index in [0.29, 0.717) is 0 Å². The van der Waals surface area contributed by atoms with Crippen LogP contribution in [0.25, 0.3) is 11.1 Å². The molecule has 0 unspecified atom stereocenters. The monoisotopic (exact) mass is 240 g/mol. The highest BCUT2D eigenvalue weighted by Crippen LogP contribution is 2.22. The van der Waals surface area contributed by atoms with Crippen molar-refractivity contribution in [1.82, 2.24) is 4.98 Å². The topological polar surface area (TPSA) is 42.0 Å². The number of carbonyl (C=O) groups is 1. The molecular formula is C15H16N2O. The summed E-state index contributed by atoms with van der Waals surface area (Å²) in [5.74, 6) is 0.0106. The fraction of sp³-hybridized carbons (Fsp3) is 0.200. The minimum atomic E-state index is -0.0189. The molecule has 0 spiro atoms. The number of hydrogen-bond acceptors (Lipinski definition) is 2. The standard InChI is InChI=1S/C15H16N2O/c1-11(2)15(18)17-14-5-3-4-13(10-14)12-6-8-16-9-7-12/h3-11H,1-2H3,(H,17,18). The summed E-state index contributed by atoms with van der Waals surface area (Å²) in [4.78, 5) is 15.6. The molecule has 0 aliphatic carbocycles. The van der Waals surface area contributed by atoms with Crippen molar-refractivity contribution in [2.24, 2.45) is 5.92 Å². The Morgan fingerprint density at radius 1 is 1.11 bits per heavy atom. The van der Waals surface area contributed by atoms with Gasteiger partial charge < -0.3 is 5.32 Å². The Kier molecular flexibility index (Phi) is 3.72. The van der Waals surface area contributed by atoms with E-state index in [4.69, 9.17) is 0 Å². The van der Waals surface area contributed by atoms with E-state index in [1.165, 1.54) is 0 Å². The first-order valence-corrected chi connectivity index (χ1v) is 5.98. The van der Waals surface area contributed by atoms with Crippen LogP contribution in [0.2, 0.25) is 0 Å². The van der Waals surface area contributed by atoms with Crippen molar-refractivity contribution in [3.05, 3.63) is 48.8 Å². The Labute approximate surface area is 107 Å². The number of carbonyl (C=O) groups excluding carboxylic acids is 1. The highest BCUT2D eigenvalue weighted by molar-refractivity contribution is 5.92. The maximum absolute atomic E-state index is 11.6. The van der Waals surface area contributed by atoms with E-state index in [0.717, 1.165) is 16.8 Å². The molecule has 2 aromatic rings. The highest BCUT2D eigenvalue weighted by Gasteiger charge is 2.07. The predicted molar refractivity (Wildman–Crippen MR) is 73.1 cm³/mol. The third-order valence-corrected chi connectivity index (χ3v) is 2.67. The molecule has 0 aliphatic rings. The van der Waals surface area contributed by atoms with Crippen LogP contribution in [-0.4, -0.2) is 10.9 Å². The summed E-state index contributed by atoms with van der Waals surface area (Å²) < 4.78 is 0. The average molecular weight is 240 g/mol. The lowest BCUT2D eigenvalue weighted by molar-refractivity contribution is -0.118. The second-order valence-electron chi connectivity index (χ2n) is 4.46. The van der Waals surface area contributed by atoms with E-state index < -0.39 is 0 Å². The summed E-state index contributed by atoms with van der Waals surface area (Å²) in [7, 11) is 0. The van der Waals surface area contributed by atoms with Gasteiger partial charge in [0.25, 0.3) is 0 Å². The largest absolute Gasteiger partial charge is 0.326 e. The molecule has 1 aromatic heterocycles. The summed E-state index contributed by atoms with van der Waals surface area (Å²) in [6.07, 6.45) is 3.52. The van der Waals surface area contributed by atoms with Crippen LogP contribution in [-0.2, 0) is 4.79 Å². The summed E-state index contributed by atoms with van der Waals surface area (Å²) in [5.41, 5.74) is 2.98. The van der Waals surface area contributed by atoms with E-state index in [9.17, 15) is 4.79 Å². The fourth-order valence-corrected chi connectivity index (χ4v) is 1.61. The van der Waals surface area contributed by atoms with Crippen molar-refractivity contribution >= 4 is 11.6 Å². The Bertz CT molecular complexity index is 535. The van der Waals surface area contributed by atoms with Gasteiger partial charge in [0.15, 0.2) is 0 Å². The lowest BCUT2D eigenvalue weighted by Gasteiger charge is -2.09. The van der Waals surface area contributed by atoms with Crippen LogP contribution in [0.15, 0.2) is 48.8 Å². The molecule has 0 saturated heterocycles. The SMILES string of the molecule is CC(C)C(=O)Nc1cccc(-c2ccncc2)c1. The minimum Gasteiger partial charge on any atom is -0.326 e. The number of rotatable bonds is 3. The van der Waals surface area contributed by atoms with Gasteiger partial charge in [-0.2, -0.15) is 0 Å². The second kappa shape index (κ2) is 5.45. The van der Waals surface area contributed by atoms with Gasteiger partial charge in [0.05, 0.1) is 0 Å². The third-order valence-electron chi connectivity index (χ3n) is 2.67. The molecule has 0 bridgehead atoms. The first-order valence-electron chi connectivity index (χ1n) is 5.98. The molecular weight excluding hydrogens is 224 g/mol. The molecule has 0 atom stereocenters. The average Bonchev–Trinajstić information content (AvgIpc) is 2.40. The molecule has 1 aromatic carbocycles. The Hall–Kier alpha value is -2.16. The smallest absolute Gasteiger partial charge is 0.226 e. The highest BCUT2D eigenvalue weighted by atomic mass is 16.1. The maximum atomic E-state index is 11.6. The molecule has 2 rings (SSSR count). The van der Waals surface area contributed by atoms with E-state index in [1.807, 2.05) is 50.2 Å². The first-order chi connectivity index (χ1) is 8.66. The minimum absolute atomic E-state index is 0.0189. The van der Waals surface area contributed by atoms with E-state index >= 15 is 0 Å².